The highest BCUT2D eigenvalue weighted by atomic mass is 35.5. The van der Waals surface area contributed by atoms with Crippen molar-refractivity contribution in [1.29, 1.82) is 0 Å². The van der Waals surface area contributed by atoms with Gasteiger partial charge < -0.3 is 0 Å². The Morgan fingerprint density at radius 3 is 2.67 bits per heavy atom. The van der Waals surface area contributed by atoms with E-state index in [4.69, 9.17) is 35.4 Å². The predicted octanol–water partition coefficient (Wildman–Crippen LogP) is 4.11. The largest absolute Gasteiger partial charge is 0.268 e. The average Bonchev–Trinajstić information content (AvgIpc) is 2.17. The molecule has 0 aliphatic heterocycles. The number of hydrogen-bond donors (Lipinski definition) is 1. The van der Waals surface area contributed by atoms with E-state index in [0.29, 0.717) is 14.7 Å². The summed E-state index contributed by atoms with van der Waals surface area (Å²) in [5.74, 6) is 0. The molecule has 0 atom stereocenters. The molecule has 0 aliphatic rings. The summed E-state index contributed by atoms with van der Waals surface area (Å²) >= 11 is 16.9. The van der Waals surface area contributed by atoms with Gasteiger partial charge in [-0.3, -0.25) is 5.10 Å². The lowest BCUT2D eigenvalue weighted by Gasteiger charge is -2.03. The van der Waals surface area contributed by atoms with Crippen molar-refractivity contribution < 1.29 is 0 Å². The fourth-order valence-electron chi connectivity index (χ4n) is 1.25. The lowest BCUT2D eigenvalue weighted by atomic mass is 10.1. The van der Waals surface area contributed by atoms with Gasteiger partial charge in [0.1, 0.15) is 4.64 Å². The van der Waals surface area contributed by atoms with Gasteiger partial charge in [-0.1, -0.05) is 41.5 Å². The Bertz CT molecular complexity index is 551. The van der Waals surface area contributed by atoms with Gasteiger partial charge in [-0.15, -0.1) is 0 Å². The molecule has 76 valence electrons. The van der Waals surface area contributed by atoms with Crippen LogP contribution in [0.25, 0.3) is 11.1 Å². The minimum absolute atomic E-state index is 0.568. The number of benzene rings is 1. The molecule has 2 rings (SSSR count). The molecule has 1 aromatic heterocycles. The van der Waals surface area contributed by atoms with Crippen molar-refractivity contribution in [2.45, 2.75) is 0 Å². The van der Waals surface area contributed by atoms with Crippen molar-refractivity contribution in [3.63, 3.8) is 0 Å². The standard InChI is InChI=1S/C10H6Cl2N2S/c11-7-1-2-8(9(12)4-7)6-3-10(15)14-13-5-6/h1-5H,(H,14,15). The first kappa shape index (κ1) is 10.6. The maximum Gasteiger partial charge on any atom is 0.120 e. The van der Waals surface area contributed by atoms with Crippen LogP contribution < -0.4 is 0 Å². The second-order valence-electron chi connectivity index (χ2n) is 2.96. The van der Waals surface area contributed by atoms with Crippen LogP contribution in [0.15, 0.2) is 30.5 Å². The van der Waals surface area contributed by atoms with Gasteiger partial charge in [0, 0.05) is 21.2 Å². The Labute approximate surface area is 102 Å². The zero-order valence-electron chi connectivity index (χ0n) is 7.50. The molecular weight excluding hydrogens is 251 g/mol. The van der Waals surface area contributed by atoms with Crippen molar-refractivity contribution in [3.05, 3.63) is 45.1 Å². The Balaban J connectivity index is 2.59. The zero-order valence-corrected chi connectivity index (χ0v) is 9.83. The van der Waals surface area contributed by atoms with Crippen LogP contribution >= 0.6 is 35.4 Å². The van der Waals surface area contributed by atoms with Crippen molar-refractivity contribution in [1.82, 2.24) is 10.2 Å². The molecule has 15 heavy (non-hydrogen) atoms. The van der Waals surface area contributed by atoms with E-state index in [1.807, 2.05) is 6.07 Å². The summed E-state index contributed by atoms with van der Waals surface area (Å²) in [5.41, 5.74) is 1.74. The van der Waals surface area contributed by atoms with Crippen molar-refractivity contribution >= 4 is 35.4 Å². The Kier molecular flexibility index (Phi) is 3.05. The number of halogens is 2. The first-order chi connectivity index (χ1) is 7.16. The van der Waals surface area contributed by atoms with Gasteiger partial charge in [-0.25, -0.2) is 0 Å². The fourth-order valence-corrected chi connectivity index (χ4v) is 1.94. The second-order valence-corrected chi connectivity index (χ2v) is 4.24. The van der Waals surface area contributed by atoms with Crippen LogP contribution in [0.1, 0.15) is 0 Å². The summed E-state index contributed by atoms with van der Waals surface area (Å²) in [5, 5.41) is 7.77. The highest BCUT2D eigenvalue weighted by Crippen LogP contribution is 2.29. The van der Waals surface area contributed by atoms with Gasteiger partial charge >= 0.3 is 0 Å². The minimum Gasteiger partial charge on any atom is -0.268 e. The van der Waals surface area contributed by atoms with E-state index in [9.17, 15) is 0 Å². The van der Waals surface area contributed by atoms with Gasteiger partial charge in [0.2, 0.25) is 0 Å². The third-order valence-electron chi connectivity index (χ3n) is 1.91. The molecule has 0 spiro atoms. The van der Waals surface area contributed by atoms with Gasteiger partial charge in [-0.05, 0) is 18.2 Å². The lowest BCUT2D eigenvalue weighted by Crippen LogP contribution is -1.85. The Hall–Kier alpha value is -0.900. The summed E-state index contributed by atoms with van der Waals surface area (Å²) in [4.78, 5) is 0. The molecule has 1 heterocycles. The SMILES string of the molecule is S=c1cc(-c2ccc(Cl)cc2Cl)cn[nH]1. The quantitative estimate of drug-likeness (QED) is 0.778. The summed E-state index contributed by atoms with van der Waals surface area (Å²) < 4.78 is 0.568. The van der Waals surface area contributed by atoms with E-state index < -0.39 is 0 Å². The van der Waals surface area contributed by atoms with Crippen LogP contribution in [-0.2, 0) is 0 Å². The van der Waals surface area contributed by atoms with E-state index in [1.165, 1.54) is 0 Å². The first-order valence-corrected chi connectivity index (χ1v) is 5.33. The van der Waals surface area contributed by atoms with E-state index in [2.05, 4.69) is 10.2 Å². The van der Waals surface area contributed by atoms with Gasteiger partial charge in [-0.2, -0.15) is 5.10 Å². The van der Waals surface area contributed by atoms with Crippen LogP contribution in [0.5, 0.6) is 0 Å². The third kappa shape index (κ3) is 2.37. The van der Waals surface area contributed by atoms with Crippen LogP contribution in [0.2, 0.25) is 10.0 Å². The number of H-pyrrole nitrogens is 1. The monoisotopic (exact) mass is 256 g/mol. The highest BCUT2D eigenvalue weighted by Gasteiger charge is 2.04. The summed E-state index contributed by atoms with van der Waals surface area (Å²) in [6.07, 6.45) is 1.67. The van der Waals surface area contributed by atoms with E-state index >= 15 is 0 Å². The van der Waals surface area contributed by atoms with Crippen molar-refractivity contribution in [2.75, 3.05) is 0 Å². The number of nitrogens with one attached hydrogen (secondary N) is 1. The molecule has 1 aromatic carbocycles. The van der Waals surface area contributed by atoms with Crippen LogP contribution in [0, 0.1) is 4.64 Å². The second kappa shape index (κ2) is 4.31. The number of aromatic amines is 1. The molecule has 0 unspecified atom stereocenters. The molecule has 0 saturated carbocycles. The molecule has 2 aromatic rings. The molecule has 0 amide bonds. The average molecular weight is 257 g/mol. The predicted molar refractivity (Wildman–Crippen MR) is 64.9 cm³/mol. The van der Waals surface area contributed by atoms with Crippen molar-refractivity contribution in [2.24, 2.45) is 0 Å². The summed E-state index contributed by atoms with van der Waals surface area (Å²) in [7, 11) is 0. The number of hydrogen-bond acceptors (Lipinski definition) is 2. The normalized spacial score (nSPS) is 10.3. The Morgan fingerprint density at radius 1 is 1.20 bits per heavy atom. The van der Waals surface area contributed by atoms with E-state index in [1.54, 1.807) is 24.4 Å². The molecule has 0 saturated heterocycles. The molecular formula is C10H6Cl2N2S. The maximum absolute atomic E-state index is 6.06. The molecule has 0 radical (unpaired) electrons. The van der Waals surface area contributed by atoms with Gasteiger partial charge in [0.15, 0.2) is 0 Å². The first-order valence-electron chi connectivity index (χ1n) is 4.17. The maximum atomic E-state index is 6.06. The van der Waals surface area contributed by atoms with Gasteiger partial charge in [0.05, 0.1) is 6.20 Å². The topological polar surface area (TPSA) is 28.7 Å². The third-order valence-corrected chi connectivity index (χ3v) is 2.66. The van der Waals surface area contributed by atoms with E-state index in [0.717, 1.165) is 11.1 Å². The molecule has 0 aliphatic carbocycles. The number of nitrogens with zero attached hydrogens (tertiary/aromatic N) is 1. The van der Waals surface area contributed by atoms with Crippen LogP contribution in [0.4, 0.5) is 0 Å². The molecule has 5 heteroatoms. The molecule has 2 nitrogen and oxygen atoms in total. The van der Waals surface area contributed by atoms with Crippen LogP contribution in [-0.4, -0.2) is 10.2 Å². The van der Waals surface area contributed by atoms with Gasteiger partial charge in [0.25, 0.3) is 0 Å². The highest BCUT2D eigenvalue weighted by molar-refractivity contribution is 7.71. The molecule has 0 bridgehead atoms. The van der Waals surface area contributed by atoms with E-state index in [-0.39, 0.29) is 0 Å². The lowest BCUT2D eigenvalue weighted by molar-refractivity contribution is 1.02. The minimum atomic E-state index is 0.568. The smallest absolute Gasteiger partial charge is 0.120 e. The summed E-state index contributed by atoms with van der Waals surface area (Å²) in [6, 6.07) is 7.12. The molecule has 0 fully saturated rings. The summed E-state index contributed by atoms with van der Waals surface area (Å²) in [6.45, 7) is 0. The van der Waals surface area contributed by atoms with Crippen LogP contribution in [0.3, 0.4) is 0 Å². The fraction of sp³-hybridized carbons (Fsp3) is 0. The zero-order chi connectivity index (χ0) is 10.8. The number of aromatic nitrogens is 2. The van der Waals surface area contributed by atoms with Crippen molar-refractivity contribution in [3.8, 4) is 11.1 Å². The number of rotatable bonds is 1. The Morgan fingerprint density at radius 2 is 2.00 bits per heavy atom. The molecule has 1 N–H and O–H groups in total.